The molecule has 0 aliphatic rings. The van der Waals surface area contributed by atoms with Gasteiger partial charge in [0.15, 0.2) is 0 Å². The molecule has 4 heterocycles. The predicted molar refractivity (Wildman–Crippen MR) is 266 cm³/mol. The maximum atomic E-state index is 10.5. The average Bonchev–Trinajstić information content (AvgIpc) is 4.08. The molecule has 9 aromatic carbocycles. The summed E-state index contributed by atoms with van der Waals surface area (Å²) in [4.78, 5) is 0. The van der Waals surface area contributed by atoms with E-state index in [1.54, 1.807) is 0 Å². The first-order valence-electron chi connectivity index (χ1n) is 21.0. The number of rotatable bonds is 4. The monoisotopic (exact) mass is 836 g/mol. The Bertz CT molecular complexity index is 4200. The minimum Gasteiger partial charge on any atom is -0.309 e. The van der Waals surface area contributed by atoms with Gasteiger partial charge in [-0.25, -0.2) is 0 Å². The number of aromatic nitrogens is 2. The number of hydrogen-bond donors (Lipinski definition) is 0. The van der Waals surface area contributed by atoms with E-state index >= 15 is 0 Å². The fraction of sp³-hybridized carbons (Fsp3) is 0.0175. The molecule has 292 valence electrons. The van der Waals surface area contributed by atoms with Gasteiger partial charge in [-0.1, -0.05) is 109 Å². The minimum absolute atomic E-state index is 0.595. The van der Waals surface area contributed by atoms with Crippen LogP contribution >= 0.6 is 22.7 Å². The largest absolute Gasteiger partial charge is 0.309 e. The summed E-state index contributed by atoms with van der Waals surface area (Å²) in [6, 6.07) is 67.6. The normalized spacial score (nSPS) is 11.9. The molecule has 0 atom stereocenters. The second-order valence-corrected chi connectivity index (χ2v) is 18.4. The molecule has 4 aromatic heterocycles. The van der Waals surface area contributed by atoms with Gasteiger partial charge in [-0.3, -0.25) is 0 Å². The van der Waals surface area contributed by atoms with Crippen molar-refractivity contribution in [2.45, 2.75) is 6.92 Å². The number of hydrogen-bond acceptors (Lipinski definition) is 4. The van der Waals surface area contributed by atoms with Crippen molar-refractivity contribution in [3.63, 3.8) is 0 Å². The summed E-state index contributed by atoms with van der Waals surface area (Å²) < 4.78 is 9.91. The van der Waals surface area contributed by atoms with E-state index in [4.69, 9.17) is 0 Å². The van der Waals surface area contributed by atoms with E-state index in [0.717, 1.165) is 61.3 Å². The van der Waals surface area contributed by atoms with Gasteiger partial charge in [0.1, 0.15) is 0 Å². The molecule has 0 fully saturated rings. The SMILES string of the molecule is Cc1cc(C#N)ccc1-c1ccc(-c2ccc(C#N)cc2-n2c3ccccc3c3c4sc5ccccc5c4ccc32)c(-n2c3ccccc3c3c4sc5ccccc5c4ccc32)c1. The summed E-state index contributed by atoms with van der Waals surface area (Å²) in [5.41, 5.74) is 12.9. The molecule has 63 heavy (non-hydrogen) atoms. The zero-order valence-electron chi connectivity index (χ0n) is 33.8. The highest BCUT2D eigenvalue weighted by Crippen LogP contribution is 2.48. The summed E-state index contributed by atoms with van der Waals surface area (Å²) >= 11 is 3.70. The van der Waals surface area contributed by atoms with Gasteiger partial charge in [-0.2, -0.15) is 10.5 Å². The third-order valence-electron chi connectivity index (χ3n) is 12.9. The number of nitriles is 2. The first kappa shape index (κ1) is 35.7. The van der Waals surface area contributed by atoms with E-state index in [9.17, 15) is 10.5 Å². The van der Waals surface area contributed by atoms with Crippen LogP contribution in [0.2, 0.25) is 0 Å². The number of fused-ring (bicyclic) bond motifs is 14. The number of nitrogens with zero attached hydrogens (tertiary/aromatic N) is 4. The third kappa shape index (κ3) is 5.11. The van der Waals surface area contributed by atoms with Gasteiger partial charge in [0, 0.05) is 73.0 Å². The lowest BCUT2D eigenvalue weighted by atomic mass is 9.93. The first-order chi connectivity index (χ1) is 31.1. The van der Waals surface area contributed by atoms with E-state index in [0.29, 0.717) is 11.1 Å². The van der Waals surface area contributed by atoms with E-state index in [1.807, 2.05) is 40.9 Å². The Morgan fingerprint density at radius 2 is 0.857 bits per heavy atom. The Labute approximate surface area is 369 Å². The van der Waals surface area contributed by atoms with Crippen LogP contribution in [-0.4, -0.2) is 9.13 Å². The highest BCUT2D eigenvalue weighted by molar-refractivity contribution is 7.27. The second-order valence-electron chi connectivity index (χ2n) is 16.3. The van der Waals surface area contributed by atoms with Crippen molar-refractivity contribution in [2.75, 3.05) is 0 Å². The standard InChI is InChI=1S/C57H32N4S2/c1-33-28-34(31-58)18-21-37(33)36-20-23-39(51(30-36)61-47-15-7-3-13-45(47)55-49(61)27-25-43-41-11-5-9-17-53(41)63-57(43)55)38-22-19-35(32-59)29-50(38)60-46-14-6-2-12-44(46)54-48(60)26-24-42-40-10-4-8-16-52(40)62-56(42)54/h2-30H,1H3. The number of thiophene rings is 2. The van der Waals surface area contributed by atoms with Gasteiger partial charge in [0.05, 0.1) is 56.7 Å². The van der Waals surface area contributed by atoms with Crippen LogP contribution in [0.3, 0.4) is 0 Å². The minimum atomic E-state index is 0.595. The van der Waals surface area contributed by atoms with Gasteiger partial charge in [-0.15, -0.1) is 22.7 Å². The summed E-state index contributed by atoms with van der Waals surface area (Å²) in [5.74, 6) is 0. The Kier molecular flexibility index (Phi) is 7.66. The summed E-state index contributed by atoms with van der Waals surface area (Å²) in [7, 11) is 0. The van der Waals surface area contributed by atoms with Gasteiger partial charge in [-0.05, 0) is 90.3 Å². The van der Waals surface area contributed by atoms with Crippen LogP contribution in [0.1, 0.15) is 16.7 Å². The Hall–Kier alpha value is -8.00. The molecule has 0 N–H and O–H groups in total. The maximum absolute atomic E-state index is 10.5. The lowest BCUT2D eigenvalue weighted by Gasteiger charge is -2.20. The van der Waals surface area contributed by atoms with Crippen LogP contribution < -0.4 is 0 Å². The molecule has 0 aliphatic carbocycles. The van der Waals surface area contributed by atoms with Crippen LogP contribution in [0, 0.1) is 29.6 Å². The highest BCUT2D eigenvalue weighted by Gasteiger charge is 2.24. The average molecular weight is 837 g/mol. The molecule has 0 amide bonds. The van der Waals surface area contributed by atoms with E-state index in [1.165, 1.54) is 61.9 Å². The fourth-order valence-electron chi connectivity index (χ4n) is 10.2. The predicted octanol–water partition coefficient (Wildman–Crippen LogP) is 16.0. The van der Waals surface area contributed by atoms with E-state index in [-0.39, 0.29) is 0 Å². The zero-order valence-corrected chi connectivity index (χ0v) is 35.5. The van der Waals surface area contributed by atoms with Gasteiger partial charge >= 0.3 is 0 Å². The molecule has 0 aliphatic heterocycles. The summed E-state index contributed by atoms with van der Waals surface area (Å²) in [6.45, 7) is 2.08. The van der Waals surface area contributed by atoms with Crippen LogP contribution in [0.5, 0.6) is 0 Å². The quantitative estimate of drug-likeness (QED) is 0.177. The lowest BCUT2D eigenvalue weighted by molar-refractivity contribution is 1.16. The Morgan fingerprint density at radius 3 is 1.40 bits per heavy atom. The number of para-hydroxylation sites is 2. The van der Waals surface area contributed by atoms with Crippen molar-refractivity contribution in [2.24, 2.45) is 0 Å². The topological polar surface area (TPSA) is 57.4 Å². The molecule has 13 aromatic rings. The van der Waals surface area contributed by atoms with Crippen molar-refractivity contribution in [3.8, 4) is 45.8 Å². The lowest BCUT2D eigenvalue weighted by Crippen LogP contribution is -2.02. The number of aryl methyl sites for hydroxylation is 1. The third-order valence-corrected chi connectivity index (χ3v) is 15.3. The highest BCUT2D eigenvalue weighted by atomic mass is 32.1. The smallest absolute Gasteiger partial charge is 0.0992 e. The van der Waals surface area contributed by atoms with Crippen LogP contribution in [0.25, 0.3) is 118 Å². The van der Waals surface area contributed by atoms with Crippen LogP contribution in [0.15, 0.2) is 176 Å². The fourth-order valence-corrected chi connectivity index (χ4v) is 12.7. The molecule has 0 spiro atoms. The van der Waals surface area contributed by atoms with E-state index in [2.05, 4.69) is 186 Å². The molecule has 0 saturated carbocycles. The van der Waals surface area contributed by atoms with Crippen molar-refractivity contribution in [1.29, 1.82) is 10.5 Å². The van der Waals surface area contributed by atoms with Crippen molar-refractivity contribution in [1.82, 2.24) is 9.13 Å². The molecule has 6 heteroatoms. The molecular formula is C57H32N4S2. The molecular weight excluding hydrogens is 805 g/mol. The Morgan fingerprint density at radius 1 is 0.397 bits per heavy atom. The molecule has 0 bridgehead atoms. The summed E-state index contributed by atoms with van der Waals surface area (Å²) in [5, 5.41) is 30.2. The van der Waals surface area contributed by atoms with Gasteiger partial charge in [0.25, 0.3) is 0 Å². The molecule has 0 unspecified atom stereocenters. The van der Waals surface area contributed by atoms with Crippen molar-refractivity contribution < 1.29 is 0 Å². The molecule has 13 rings (SSSR count). The van der Waals surface area contributed by atoms with Gasteiger partial charge < -0.3 is 9.13 Å². The van der Waals surface area contributed by atoms with E-state index < -0.39 is 0 Å². The number of benzene rings is 9. The second kappa shape index (κ2) is 13.5. The van der Waals surface area contributed by atoms with Crippen LogP contribution in [0.4, 0.5) is 0 Å². The first-order valence-corrected chi connectivity index (χ1v) is 22.6. The van der Waals surface area contributed by atoms with Gasteiger partial charge in [0.2, 0.25) is 0 Å². The molecule has 0 saturated heterocycles. The van der Waals surface area contributed by atoms with Crippen molar-refractivity contribution >= 4 is 107 Å². The summed E-state index contributed by atoms with van der Waals surface area (Å²) in [6.07, 6.45) is 0. The Balaban J connectivity index is 1.15. The zero-order chi connectivity index (χ0) is 41.9. The molecule has 4 nitrogen and oxygen atoms in total. The molecule has 0 radical (unpaired) electrons. The maximum Gasteiger partial charge on any atom is 0.0992 e. The van der Waals surface area contributed by atoms with Crippen LogP contribution in [-0.2, 0) is 0 Å². The van der Waals surface area contributed by atoms with Crippen molar-refractivity contribution in [3.05, 3.63) is 193 Å².